The predicted molar refractivity (Wildman–Crippen MR) is 135 cm³/mol. The third-order valence-electron chi connectivity index (χ3n) is 6.58. The smallest absolute Gasteiger partial charge is 0.260 e. The van der Waals surface area contributed by atoms with Crippen LogP contribution in [0.5, 0.6) is 0 Å². The molecule has 3 aromatic rings. The molecule has 2 heterocycles. The monoisotopic (exact) mass is 469 g/mol. The molecule has 1 aliphatic rings. The van der Waals surface area contributed by atoms with E-state index in [9.17, 15) is 9.90 Å². The van der Waals surface area contributed by atoms with Crippen molar-refractivity contribution in [2.24, 2.45) is 0 Å². The predicted octanol–water partition coefficient (Wildman–Crippen LogP) is 4.80. The third kappa shape index (κ3) is 5.72. The first-order valence-corrected chi connectivity index (χ1v) is 12.9. The fourth-order valence-corrected chi connectivity index (χ4v) is 5.81. The van der Waals surface area contributed by atoms with Crippen LogP contribution >= 0.6 is 11.3 Å². The van der Waals surface area contributed by atoms with E-state index in [2.05, 4.69) is 41.9 Å². The van der Waals surface area contributed by atoms with Crippen molar-refractivity contribution in [1.82, 2.24) is 14.9 Å². The highest BCUT2D eigenvalue weighted by Crippen LogP contribution is 2.33. The highest BCUT2D eigenvalue weighted by atomic mass is 32.1. The number of hydrogen-bond acceptors (Lipinski definition) is 6. The molecule has 2 aromatic heterocycles. The second-order valence-corrected chi connectivity index (χ2v) is 10.1. The van der Waals surface area contributed by atoms with Crippen LogP contribution < -0.4 is 5.56 Å². The molecule has 2 N–H and O–H groups in total. The van der Waals surface area contributed by atoms with E-state index in [1.807, 2.05) is 12.3 Å². The average Bonchev–Trinajstić information content (AvgIpc) is 3.24. The molecule has 33 heavy (non-hydrogen) atoms. The van der Waals surface area contributed by atoms with Gasteiger partial charge in [-0.25, -0.2) is 4.98 Å². The lowest BCUT2D eigenvalue weighted by Crippen LogP contribution is -2.43. The lowest BCUT2D eigenvalue weighted by atomic mass is 9.94. The molecule has 4 rings (SSSR count). The molecule has 6 nitrogen and oxygen atoms in total. The Balaban J connectivity index is 1.62. The van der Waals surface area contributed by atoms with E-state index in [0.29, 0.717) is 43.6 Å². The molecule has 0 radical (unpaired) electrons. The summed E-state index contributed by atoms with van der Waals surface area (Å²) in [4.78, 5) is 24.1. The zero-order valence-corrected chi connectivity index (χ0v) is 20.7. The second-order valence-electron chi connectivity index (χ2n) is 9.20. The number of nitrogens with zero attached hydrogens (tertiary/aromatic N) is 2. The number of rotatable bonds is 9. The summed E-state index contributed by atoms with van der Waals surface area (Å²) in [6.07, 6.45) is 5.35. The van der Waals surface area contributed by atoms with Crippen molar-refractivity contribution < 1.29 is 9.84 Å². The molecule has 1 atom stereocenters. The SMILES string of the molecule is CCOC[C@H](O)CN(Cc1nc2scc(-c3cc(C)ccc3C)c2c(=O)[nH]1)C1CCCCC1. The van der Waals surface area contributed by atoms with Crippen LogP contribution in [-0.4, -0.2) is 51.9 Å². The van der Waals surface area contributed by atoms with Gasteiger partial charge in [0.15, 0.2) is 0 Å². The number of benzene rings is 1. The van der Waals surface area contributed by atoms with Gasteiger partial charge in [-0.15, -0.1) is 11.3 Å². The molecule has 0 saturated heterocycles. The maximum Gasteiger partial charge on any atom is 0.260 e. The van der Waals surface area contributed by atoms with Gasteiger partial charge in [-0.05, 0) is 44.7 Å². The lowest BCUT2D eigenvalue weighted by Gasteiger charge is -2.35. The Bertz CT molecular complexity index is 1130. The van der Waals surface area contributed by atoms with Gasteiger partial charge in [-0.1, -0.05) is 43.0 Å². The molecule has 0 amide bonds. The summed E-state index contributed by atoms with van der Waals surface area (Å²) in [7, 11) is 0. The molecule has 1 saturated carbocycles. The molecule has 1 fully saturated rings. The Morgan fingerprint density at radius 3 is 2.79 bits per heavy atom. The van der Waals surface area contributed by atoms with E-state index in [1.165, 1.54) is 36.2 Å². The number of H-pyrrole nitrogens is 1. The zero-order chi connectivity index (χ0) is 23.4. The van der Waals surface area contributed by atoms with E-state index in [1.54, 1.807) is 0 Å². The molecule has 0 aliphatic heterocycles. The van der Waals surface area contributed by atoms with Crippen LogP contribution in [0.4, 0.5) is 0 Å². The number of aromatic nitrogens is 2. The maximum atomic E-state index is 13.2. The van der Waals surface area contributed by atoms with Gasteiger partial charge < -0.3 is 14.8 Å². The van der Waals surface area contributed by atoms with Crippen molar-refractivity contribution in [3.05, 3.63) is 50.9 Å². The van der Waals surface area contributed by atoms with Crippen molar-refractivity contribution in [2.75, 3.05) is 19.8 Å². The highest BCUT2D eigenvalue weighted by Gasteiger charge is 2.25. The molecule has 0 unspecified atom stereocenters. The molecular formula is C26H35N3O3S. The van der Waals surface area contributed by atoms with Crippen molar-refractivity contribution >= 4 is 21.6 Å². The molecule has 0 bridgehead atoms. The van der Waals surface area contributed by atoms with Crippen LogP contribution in [0.3, 0.4) is 0 Å². The highest BCUT2D eigenvalue weighted by molar-refractivity contribution is 7.17. The van der Waals surface area contributed by atoms with Crippen LogP contribution in [0.25, 0.3) is 21.3 Å². The normalized spacial score (nSPS) is 16.0. The van der Waals surface area contributed by atoms with Gasteiger partial charge in [0.2, 0.25) is 0 Å². The Labute approximate surface area is 199 Å². The summed E-state index contributed by atoms with van der Waals surface area (Å²) >= 11 is 1.52. The Morgan fingerprint density at radius 2 is 2.03 bits per heavy atom. The van der Waals surface area contributed by atoms with E-state index in [-0.39, 0.29) is 5.56 Å². The van der Waals surface area contributed by atoms with E-state index in [0.717, 1.165) is 34.4 Å². The van der Waals surface area contributed by atoms with Crippen LogP contribution in [-0.2, 0) is 11.3 Å². The lowest BCUT2D eigenvalue weighted by molar-refractivity contribution is 0.00493. The summed E-state index contributed by atoms with van der Waals surface area (Å²) in [6.45, 7) is 8.03. The summed E-state index contributed by atoms with van der Waals surface area (Å²) in [5.41, 5.74) is 4.27. The second kappa shape index (κ2) is 10.9. The number of ether oxygens (including phenoxy) is 1. The standard InChI is InChI=1S/C26H35N3O3S/c1-4-32-15-20(30)13-29(19-8-6-5-7-9-19)14-23-27-25(31)24-22(16-33-26(24)28-23)21-12-17(2)10-11-18(21)3/h10-12,16,19-20,30H,4-9,13-15H2,1-3H3,(H,27,28,31)/t20-/m1/s1. The van der Waals surface area contributed by atoms with Crippen LogP contribution in [0.2, 0.25) is 0 Å². The fourth-order valence-electron chi connectivity index (χ4n) is 4.85. The number of nitrogens with one attached hydrogen (secondary N) is 1. The topological polar surface area (TPSA) is 78.5 Å². The molecule has 1 aliphatic carbocycles. The third-order valence-corrected chi connectivity index (χ3v) is 7.45. The van der Waals surface area contributed by atoms with Gasteiger partial charge in [-0.2, -0.15) is 0 Å². The average molecular weight is 470 g/mol. The zero-order valence-electron chi connectivity index (χ0n) is 19.9. The van der Waals surface area contributed by atoms with Crippen molar-refractivity contribution in [3.8, 4) is 11.1 Å². The Morgan fingerprint density at radius 1 is 1.24 bits per heavy atom. The number of fused-ring (bicyclic) bond motifs is 1. The molecular weight excluding hydrogens is 434 g/mol. The molecule has 7 heteroatoms. The Hall–Kier alpha value is -2.06. The minimum Gasteiger partial charge on any atom is -0.389 e. The first-order valence-electron chi connectivity index (χ1n) is 12.0. The summed E-state index contributed by atoms with van der Waals surface area (Å²) < 4.78 is 5.42. The van der Waals surface area contributed by atoms with E-state index < -0.39 is 6.10 Å². The van der Waals surface area contributed by atoms with Crippen molar-refractivity contribution in [2.45, 2.75) is 71.6 Å². The van der Waals surface area contributed by atoms with Crippen LogP contribution in [0.15, 0.2) is 28.4 Å². The minimum absolute atomic E-state index is 0.0920. The number of aryl methyl sites for hydroxylation is 2. The largest absolute Gasteiger partial charge is 0.389 e. The maximum absolute atomic E-state index is 13.2. The van der Waals surface area contributed by atoms with Gasteiger partial charge in [0.25, 0.3) is 5.56 Å². The number of aliphatic hydroxyl groups is 1. The Kier molecular flexibility index (Phi) is 7.96. The fraction of sp³-hybridized carbons (Fsp3) is 0.538. The van der Waals surface area contributed by atoms with Crippen molar-refractivity contribution in [1.29, 1.82) is 0 Å². The molecule has 1 aromatic carbocycles. The van der Waals surface area contributed by atoms with Crippen LogP contribution in [0.1, 0.15) is 56.0 Å². The van der Waals surface area contributed by atoms with E-state index >= 15 is 0 Å². The van der Waals surface area contributed by atoms with Gasteiger partial charge in [0.05, 0.1) is 24.6 Å². The molecule has 178 valence electrons. The van der Waals surface area contributed by atoms with Gasteiger partial charge >= 0.3 is 0 Å². The van der Waals surface area contributed by atoms with E-state index in [4.69, 9.17) is 9.72 Å². The van der Waals surface area contributed by atoms with Crippen molar-refractivity contribution in [3.63, 3.8) is 0 Å². The van der Waals surface area contributed by atoms with Gasteiger partial charge in [-0.3, -0.25) is 9.69 Å². The van der Waals surface area contributed by atoms with Gasteiger partial charge in [0.1, 0.15) is 10.7 Å². The first kappa shape index (κ1) is 24.1. The summed E-state index contributed by atoms with van der Waals surface area (Å²) in [5, 5.41) is 13.2. The number of hydrogen-bond donors (Lipinski definition) is 2. The molecule has 0 spiro atoms. The first-order chi connectivity index (χ1) is 16.0. The number of thiophene rings is 1. The minimum atomic E-state index is -0.556. The van der Waals surface area contributed by atoms with Crippen LogP contribution in [0, 0.1) is 13.8 Å². The van der Waals surface area contributed by atoms with Gasteiger partial charge in [0, 0.05) is 30.1 Å². The quantitative estimate of drug-likeness (QED) is 0.471. The number of aromatic amines is 1. The number of aliphatic hydroxyl groups excluding tert-OH is 1. The summed E-state index contributed by atoms with van der Waals surface area (Å²) in [6, 6.07) is 6.72. The summed E-state index contributed by atoms with van der Waals surface area (Å²) in [5.74, 6) is 0.663.